The first-order valence-electron chi connectivity index (χ1n) is 12.1. The summed E-state index contributed by atoms with van der Waals surface area (Å²) in [5.74, 6) is 0.00569. The number of carbonyl (C=O) groups excluding carboxylic acids is 2. The van der Waals surface area contributed by atoms with Gasteiger partial charge in [0, 0.05) is 28.8 Å². The molecule has 2 saturated heterocycles. The summed E-state index contributed by atoms with van der Waals surface area (Å²) >= 11 is 0. The molecule has 5 nitrogen and oxygen atoms in total. The molecule has 1 amide bonds. The number of furan rings is 1. The maximum atomic E-state index is 13.7. The summed E-state index contributed by atoms with van der Waals surface area (Å²) in [6.45, 7) is 0.270. The van der Waals surface area contributed by atoms with Gasteiger partial charge >= 0.3 is 6.09 Å². The first-order chi connectivity index (χ1) is 16.7. The molecule has 4 aromatic rings. The van der Waals surface area contributed by atoms with E-state index in [0.717, 1.165) is 41.2 Å². The highest BCUT2D eigenvalue weighted by Gasteiger charge is 2.44. The van der Waals surface area contributed by atoms with Gasteiger partial charge in [-0.15, -0.1) is 0 Å². The van der Waals surface area contributed by atoms with Crippen LogP contribution < -0.4 is 0 Å². The third-order valence-corrected chi connectivity index (χ3v) is 7.43. The van der Waals surface area contributed by atoms with E-state index in [1.54, 1.807) is 0 Å². The zero-order valence-corrected chi connectivity index (χ0v) is 19.0. The van der Waals surface area contributed by atoms with Crippen LogP contribution in [0.1, 0.15) is 48.0 Å². The highest BCUT2D eigenvalue weighted by Crippen LogP contribution is 2.40. The van der Waals surface area contributed by atoms with Crippen molar-refractivity contribution in [2.24, 2.45) is 5.92 Å². The van der Waals surface area contributed by atoms with E-state index in [0.29, 0.717) is 24.0 Å². The maximum absolute atomic E-state index is 13.7. The Hall–Kier alpha value is -3.60. The van der Waals surface area contributed by atoms with E-state index in [-0.39, 0.29) is 36.5 Å². The molecule has 0 N–H and O–H groups in total. The van der Waals surface area contributed by atoms with Crippen LogP contribution in [0.25, 0.3) is 21.9 Å². The molecule has 1 aromatic heterocycles. The van der Waals surface area contributed by atoms with Gasteiger partial charge in [-0.25, -0.2) is 4.79 Å². The summed E-state index contributed by atoms with van der Waals surface area (Å²) in [5.41, 5.74) is 3.09. The number of piperidine rings is 2. The van der Waals surface area contributed by atoms with Crippen LogP contribution in [0.4, 0.5) is 4.79 Å². The lowest BCUT2D eigenvalue weighted by atomic mass is 9.75. The van der Waals surface area contributed by atoms with E-state index >= 15 is 0 Å². The number of para-hydroxylation sites is 2. The van der Waals surface area contributed by atoms with E-state index in [1.807, 2.05) is 77.7 Å². The van der Waals surface area contributed by atoms with Gasteiger partial charge in [0.2, 0.25) is 0 Å². The molecule has 172 valence electrons. The Balaban J connectivity index is 1.22. The zero-order chi connectivity index (χ0) is 23.1. The van der Waals surface area contributed by atoms with E-state index < -0.39 is 0 Å². The number of rotatable bonds is 4. The average molecular weight is 454 g/mol. The van der Waals surface area contributed by atoms with Crippen molar-refractivity contribution in [2.75, 3.05) is 0 Å². The van der Waals surface area contributed by atoms with Crippen molar-refractivity contribution < 1.29 is 18.7 Å². The van der Waals surface area contributed by atoms with E-state index in [2.05, 4.69) is 0 Å². The van der Waals surface area contributed by atoms with Crippen LogP contribution in [0.2, 0.25) is 0 Å². The van der Waals surface area contributed by atoms with E-state index in [4.69, 9.17) is 9.15 Å². The first kappa shape index (κ1) is 21.0. The Labute approximate surface area is 198 Å². The van der Waals surface area contributed by atoms with Crippen LogP contribution in [-0.4, -0.2) is 28.9 Å². The number of nitrogens with zero attached hydrogens (tertiary/aromatic N) is 1. The van der Waals surface area contributed by atoms with Crippen molar-refractivity contribution in [3.05, 3.63) is 83.9 Å². The van der Waals surface area contributed by atoms with Crippen molar-refractivity contribution in [1.82, 2.24) is 4.90 Å². The predicted molar refractivity (Wildman–Crippen MR) is 131 cm³/mol. The lowest BCUT2D eigenvalue weighted by molar-refractivity contribution is 0.00474. The Bertz CT molecular complexity index is 1340. The molecule has 34 heavy (non-hydrogen) atoms. The maximum Gasteiger partial charge on any atom is 0.410 e. The third kappa shape index (κ3) is 3.65. The molecular formula is C29H27NO4. The van der Waals surface area contributed by atoms with Gasteiger partial charge in [-0.1, -0.05) is 60.7 Å². The number of amides is 1. The monoisotopic (exact) mass is 453 g/mol. The van der Waals surface area contributed by atoms with Crippen molar-refractivity contribution >= 4 is 33.8 Å². The molecule has 2 atom stereocenters. The average Bonchev–Trinajstić information content (AvgIpc) is 3.25. The van der Waals surface area contributed by atoms with Crippen LogP contribution in [0, 0.1) is 5.92 Å². The summed E-state index contributed by atoms with van der Waals surface area (Å²) in [5, 5.41) is 2.00. The van der Waals surface area contributed by atoms with Crippen molar-refractivity contribution in [3.63, 3.8) is 0 Å². The van der Waals surface area contributed by atoms with Crippen molar-refractivity contribution in [1.29, 1.82) is 0 Å². The third-order valence-electron chi connectivity index (χ3n) is 7.43. The largest absolute Gasteiger partial charge is 0.455 e. The van der Waals surface area contributed by atoms with Crippen LogP contribution >= 0.6 is 0 Å². The van der Waals surface area contributed by atoms with Gasteiger partial charge in [-0.2, -0.15) is 0 Å². The molecule has 0 spiro atoms. The molecular weight excluding hydrogens is 426 g/mol. The topological polar surface area (TPSA) is 59.8 Å². The minimum Gasteiger partial charge on any atom is -0.455 e. The summed E-state index contributed by atoms with van der Waals surface area (Å²) in [4.78, 5) is 28.6. The molecule has 2 bridgehead atoms. The number of benzene rings is 3. The van der Waals surface area contributed by atoms with Crippen molar-refractivity contribution in [3.8, 4) is 0 Å². The van der Waals surface area contributed by atoms with Gasteiger partial charge in [0.05, 0.1) is 5.56 Å². The smallest absolute Gasteiger partial charge is 0.410 e. The predicted octanol–water partition coefficient (Wildman–Crippen LogP) is 6.74. The molecule has 3 aromatic carbocycles. The standard InChI is InChI=1S/C29H27NO4/c31-27(25-14-7-13-24-23-12-4-5-15-26(23)34-28(24)25)20-16-21-10-6-11-22(17-20)30(21)29(32)33-18-19-8-2-1-3-9-19/h1-5,7-9,12-15,20-22H,6,10-11,16-18H2. The molecule has 0 saturated carbocycles. The fourth-order valence-electron chi connectivity index (χ4n) is 5.85. The van der Waals surface area contributed by atoms with E-state index in [9.17, 15) is 9.59 Å². The summed E-state index contributed by atoms with van der Waals surface area (Å²) in [7, 11) is 0. The second-order valence-corrected chi connectivity index (χ2v) is 9.50. The summed E-state index contributed by atoms with van der Waals surface area (Å²) in [6, 6.07) is 23.6. The Morgan fingerprint density at radius 1 is 0.853 bits per heavy atom. The van der Waals surface area contributed by atoms with Crippen LogP contribution in [0.5, 0.6) is 0 Å². The van der Waals surface area contributed by atoms with E-state index in [1.165, 1.54) is 0 Å². The molecule has 2 aliphatic rings. The normalized spacial score (nSPS) is 22.1. The molecule has 2 unspecified atom stereocenters. The molecule has 5 heteroatoms. The first-order valence-corrected chi connectivity index (χ1v) is 12.1. The summed E-state index contributed by atoms with van der Waals surface area (Å²) < 4.78 is 11.8. The molecule has 0 radical (unpaired) electrons. The SMILES string of the molecule is O=C(c1cccc2c1oc1ccccc12)C1CC2CCCC(C1)N2C(=O)OCc1ccccc1. The number of hydrogen-bond acceptors (Lipinski definition) is 4. The molecule has 0 aliphatic carbocycles. The zero-order valence-electron chi connectivity index (χ0n) is 19.0. The Morgan fingerprint density at radius 3 is 2.35 bits per heavy atom. The second-order valence-electron chi connectivity index (χ2n) is 9.50. The van der Waals surface area contributed by atoms with Crippen molar-refractivity contribution in [2.45, 2.75) is 50.8 Å². The van der Waals surface area contributed by atoms with Gasteiger partial charge in [-0.3, -0.25) is 4.79 Å². The number of Topliss-reactive ketones (excluding diaryl/α,β-unsaturated/α-hetero) is 1. The highest BCUT2D eigenvalue weighted by atomic mass is 16.6. The minimum atomic E-state index is -0.260. The fraction of sp³-hybridized carbons (Fsp3) is 0.310. The number of hydrogen-bond donors (Lipinski definition) is 0. The highest BCUT2D eigenvalue weighted by molar-refractivity contribution is 6.14. The van der Waals surface area contributed by atoms with Gasteiger partial charge in [0.25, 0.3) is 0 Å². The minimum absolute atomic E-state index is 0.0413. The number of carbonyl (C=O) groups is 2. The second kappa shape index (κ2) is 8.64. The number of ketones is 1. The molecule has 2 aliphatic heterocycles. The lowest BCUT2D eigenvalue weighted by Gasteiger charge is -2.47. The van der Waals surface area contributed by atoms with Crippen LogP contribution in [-0.2, 0) is 11.3 Å². The van der Waals surface area contributed by atoms with Gasteiger partial charge in [0.1, 0.15) is 17.8 Å². The fourth-order valence-corrected chi connectivity index (χ4v) is 5.85. The molecule has 3 heterocycles. The quantitative estimate of drug-likeness (QED) is 0.321. The van der Waals surface area contributed by atoms with Gasteiger partial charge in [0.15, 0.2) is 5.78 Å². The lowest BCUT2D eigenvalue weighted by Crippen LogP contribution is -2.55. The number of fused-ring (bicyclic) bond motifs is 5. The Morgan fingerprint density at radius 2 is 1.56 bits per heavy atom. The van der Waals surface area contributed by atoms with Crippen LogP contribution in [0.3, 0.4) is 0 Å². The Kier molecular flexibility index (Phi) is 5.33. The van der Waals surface area contributed by atoms with Crippen LogP contribution in [0.15, 0.2) is 77.2 Å². The van der Waals surface area contributed by atoms with Gasteiger partial charge in [-0.05, 0) is 49.8 Å². The molecule has 6 rings (SSSR count). The molecule has 2 fully saturated rings. The van der Waals surface area contributed by atoms with Gasteiger partial charge < -0.3 is 14.1 Å². The summed E-state index contributed by atoms with van der Waals surface area (Å²) in [6.07, 6.45) is 3.99. The number of ether oxygens (including phenoxy) is 1.